The molecule has 0 radical (unpaired) electrons. The summed E-state index contributed by atoms with van der Waals surface area (Å²) in [6, 6.07) is 4.14. The first-order valence-corrected chi connectivity index (χ1v) is 4.74. The Bertz CT molecular complexity index is 325. The molecule has 0 aliphatic carbocycles. The highest BCUT2D eigenvalue weighted by Gasteiger charge is 2.08. The molecule has 70 valence electrons. The Morgan fingerprint density at radius 3 is 2.77 bits per heavy atom. The SMILES string of the molecule is COc1ccc(C(=O)CBr)cc1F. The molecule has 0 fully saturated rings. The number of ketones is 1. The molecule has 0 heterocycles. The van der Waals surface area contributed by atoms with Crippen LogP contribution in [-0.2, 0) is 0 Å². The molecule has 1 rings (SSSR count). The molecule has 0 amide bonds. The zero-order valence-electron chi connectivity index (χ0n) is 7.01. The van der Waals surface area contributed by atoms with Crippen LogP contribution in [0, 0.1) is 5.82 Å². The van der Waals surface area contributed by atoms with Crippen molar-refractivity contribution in [1.82, 2.24) is 0 Å². The molecular formula is C9H8BrFO2. The Labute approximate surface area is 83.8 Å². The molecule has 0 N–H and O–H groups in total. The summed E-state index contributed by atoms with van der Waals surface area (Å²) in [4.78, 5) is 11.1. The van der Waals surface area contributed by atoms with E-state index < -0.39 is 5.82 Å². The van der Waals surface area contributed by atoms with Crippen LogP contribution in [0.4, 0.5) is 4.39 Å². The minimum absolute atomic E-state index is 0.145. The summed E-state index contributed by atoms with van der Waals surface area (Å²) in [6.45, 7) is 0. The first kappa shape index (κ1) is 10.2. The van der Waals surface area contributed by atoms with E-state index in [-0.39, 0.29) is 16.9 Å². The fourth-order valence-electron chi connectivity index (χ4n) is 0.917. The van der Waals surface area contributed by atoms with Gasteiger partial charge in [0.2, 0.25) is 0 Å². The van der Waals surface area contributed by atoms with E-state index in [2.05, 4.69) is 15.9 Å². The van der Waals surface area contributed by atoms with E-state index in [1.54, 1.807) is 0 Å². The van der Waals surface area contributed by atoms with E-state index in [0.29, 0.717) is 5.56 Å². The van der Waals surface area contributed by atoms with Gasteiger partial charge in [-0.05, 0) is 18.2 Å². The van der Waals surface area contributed by atoms with Crippen LogP contribution >= 0.6 is 15.9 Å². The van der Waals surface area contributed by atoms with Crippen molar-refractivity contribution in [3.63, 3.8) is 0 Å². The van der Waals surface area contributed by atoms with Gasteiger partial charge in [0.1, 0.15) is 0 Å². The minimum atomic E-state index is -0.519. The molecule has 0 spiro atoms. The smallest absolute Gasteiger partial charge is 0.173 e. The Morgan fingerprint density at radius 2 is 2.31 bits per heavy atom. The number of hydrogen-bond donors (Lipinski definition) is 0. The van der Waals surface area contributed by atoms with Crippen molar-refractivity contribution >= 4 is 21.7 Å². The highest BCUT2D eigenvalue weighted by molar-refractivity contribution is 9.09. The summed E-state index contributed by atoms with van der Waals surface area (Å²) < 4.78 is 17.8. The lowest BCUT2D eigenvalue weighted by molar-refractivity contribution is 0.102. The molecule has 0 unspecified atom stereocenters. The van der Waals surface area contributed by atoms with Gasteiger partial charge in [-0.1, -0.05) is 15.9 Å². The highest BCUT2D eigenvalue weighted by Crippen LogP contribution is 2.18. The molecule has 0 aliphatic rings. The summed E-state index contributed by atoms with van der Waals surface area (Å²) in [7, 11) is 1.38. The van der Waals surface area contributed by atoms with Crippen LogP contribution in [0.25, 0.3) is 0 Å². The fourth-order valence-corrected chi connectivity index (χ4v) is 1.24. The van der Waals surface area contributed by atoms with Gasteiger partial charge in [0.25, 0.3) is 0 Å². The van der Waals surface area contributed by atoms with Gasteiger partial charge in [0.05, 0.1) is 12.4 Å². The Hall–Kier alpha value is -0.900. The second-order valence-electron chi connectivity index (χ2n) is 2.41. The highest BCUT2D eigenvalue weighted by atomic mass is 79.9. The van der Waals surface area contributed by atoms with E-state index in [4.69, 9.17) is 4.74 Å². The Kier molecular flexibility index (Phi) is 3.42. The van der Waals surface area contributed by atoms with E-state index >= 15 is 0 Å². The predicted molar refractivity (Wildman–Crippen MR) is 51.1 cm³/mol. The Morgan fingerprint density at radius 1 is 1.62 bits per heavy atom. The van der Waals surface area contributed by atoms with Crippen LogP contribution in [0.2, 0.25) is 0 Å². The summed E-state index contributed by atoms with van der Waals surface area (Å²) in [6.07, 6.45) is 0. The first-order valence-electron chi connectivity index (χ1n) is 3.61. The number of halogens is 2. The number of Topliss-reactive ketones (excluding diaryl/α,β-unsaturated/α-hetero) is 1. The van der Waals surface area contributed by atoms with Crippen LogP contribution in [0.3, 0.4) is 0 Å². The lowest BCUT2D eigenvalue weighted by Gasteiger charge is -2.02. The number of alkyl halides is 1. The molecule has 4 heteroatoms. The monoisotopic (exact) mass is 246 g/mol. The lowest BCUT2D eigenvalue weighted by Crippen LogP contribution is -2.00. The third-order valence-corrected chi connectivity index (χ3v) is 2.10. The lowest BCUT2D eigenvalue weighted by atomic mass is 10.1. The molecule has 0 saturated heterocycles. The zero-order valence-corrected chi connectivity index (χ0v) is 8.60. The number of methoxy groups -OCH3 is 1. The molecule has 1 aromatic rings. The molecule has 0 bridgehead atoms. The largest absolute Gasteiger partial charge is 0.494 e. The van der Waals surface area contributed by atoms with Crippen molar-refractivity contribution in [3.05, 3.63) is 29.6 Å². The topological polar surface area (TPSA) is 26.3 Å². The maximum Gasteiger partial charge on any atom is 0.173 e. The molecule has 1 aromatic carbocycles. The van der Waals surface area contributed by atoms with Gasteiger partial charge < -0.3 is 4.74 Å². The van der Waals surface area contributed by atoms with Crippen LogP contribution in [0.15, 0.2) is 18.2 Å². The van der Waals surface area contributed by atoms with Crippen molar-refractivity contribution in [3.8, 4) is 5.75 Å². The van der Waals surface area contributed by atoms with Gasteiger partial charge in [0.15, 0.2) is 17.3 Å². The number of carbonyl (C=O) groups is 1. The van der Waals surface area contributed by atoms with E-state index in [9.17, 15) is 9.18 Å². The maximum absolute atomic E-state index is 13.1. The molecule has 2 nitrogen and oxygen atoms in total. The number of ether oxygens (including phenoxy) is 1. The summed E-state index contributed by atoms with van der Waals surface area (Å²) in [5, 5.41) is 0.193. The maximum atomic E-state index is 13.1. The zero-order chi connectivity index (χ0) is 9.84. The van der Waals surface area contributed by atoms with Crippen molar-refractivity contribution < 1.29 is 13.9 Å². The summed E-state index contributed by atoms with van der Waals surface area (Å²) in [5.74, 6) is -0.526. The average Bonchev–Trinajstić information content (AvgIpc) is 2.16. The fraction of sp³-hybridized carbons (Fsp3) is 0.222. The van der Waals surface area contributed by atoms with Gasteiger partial charge in [-0.2, -0.15) is 0 Å². The predicted octanol–water partition coefficient (Wildman–Crippen LogP) is 2.41. The second-order valence-corrected chi connectivity index (χ2v) is 2.97. The molecular weight excluding hydrogens is 239 g/mol. The van der Waals surface area contributed by atoms with Crippen molar-refractivity contribution in [2.24, 2.45) is 0 Å². The minimum Gasteiger partial charge on any atom is -0.494 e. The average molecular weight is 247 g/mol. The quantitative estimate of drug-likeness (QED) is 0.605. The van der Waals surface area contributed by atoms with Gasteiger partial charge in [-0.25, -0.2) is 4.39 Å². The molecule has 13 heavy (non-hydrogen) atoms. The van der Waals surface area contributed by atoms with Crippen LogP contribution in [0.5, 0.6) is 5.75 Å². The summed E-state index contributed by atoms with van der Waals surface area (Å²) >= 11 is 3.01. The molecule has 0 saturated carbocycles. The molecule has 0 atom stereocenters. The van der Waals surface area contributed by atoms with E-state index in [1.807, 2.05) is 0 Å². The number of benzene rings is 1. The van der Waals surface area contributed by atoms with Gasteiger partial charge in [-0.15, -0.1) is 0 Å². The Balaban J connectivity index is 3.02. The van der Waals surface area contributed by atoms with Gasteiger partial charge >= 0.3 is 0 Å². The normalized spacial score (nSPS) is 9.77. The van der Waals surface area contributed by atoms with Crippen LogP contribution in [-0.4, -0.2) is 18.2 Å². The van der Waals surface area contributed by atoms with Crippen molar-refractivity contribution in [2.75, 3.05) is 12.4 Å². The standard InChI is InChI=1S/C9H8BrFO2/c1-13-9-3-2-6(4-7(9)11)8(12)5-10/h2-4H,5H2,1H3. The molecule has 0 aromatic heterocycles. The summed E-state index contributed by atoms with van der Waals surface area (Å²) in [5.41, 5.74) is 0.343. The van der Waals surface area contributed by atoms with Gasteiger partial charge in [-0.3, -0.25) is 4.79 Å². The van der Waals surface area contributed by atoms with Crippen molar-refractivity contribution in [1.29, 1.82) is 0 Å². The van der Waals surface area contributed by atoms with Crippen LogP contribution < -0.4 is 4.74 Å². The number of rotatable bonds is 3. The number of hydrogen-bond acceptors (Lipinski definition) is 2. The first-order chi connectivity index (χ1) is 6.19. The third kappa shape index (κ3) is 2.28. The third-order valence-electron chi connectivity index (χ3n) is 1.60. The van der Waals surface area contributed by atoms with E-state index in [1.165, 1.54) is 25.3 Å². The second kappa shape index (κ2) is 4.37. The molecule has 0 aliphatic heterocycles. The number of carbonyl (C=O) groups excluding carboxylic acids is 1. The van der Waals surface area contributed by atoms with Gasteiger partial charge in [0, 0.05) is 5.56 Å². The van der Waals surface area contributed by atoms with E-state index in [0.717, 1.165) is 0 Å². The van der Waals surface area contributed by atoms with Crippen LogP contribution in [0.1, 0.15) is 10.4 Å². The van der Waals surface area contributed by atoms with Crippen molar-refractivity contribution in [2.45, 2.75) is 0 Å².